The predicted molar refractivity (Wildman–Crippen MR) is 90.4 cm³/mol. The van der Waals surface area contributed by atoms with Crippen LogP contribution in [0.2, 0.25) is 0 Å². The second kappa shape index (κ2) is 6.34. The number of aliphatic carboxylic acids is 1. The molecular weight excluding hydrogens is 326 g/mol. The lowest BCUT2D eigenvalue weighted by Crippen LogP contribution is -2.41. The van der Waals surface area contributed by atoms with E-state index in [-0.39, 0.29) is 30.6 Å². The first-order chi connectivity index (χ1) is 11.8. The molecule has 1 saturated carbocycles. The molecule has 2 atom stereocenters. The number of nitro groups is 1. The molecule has 1 heterocycles. The fourth-order valence-electron chi connectivity index (χ4n) is 4.16. The van der Waals surface area contributed by atoms with E-state index in [1.165, 1.54) is 6.07 Å². The molecule has 1 aliphatic carbocycles. The number of anilines is 1. The Hall–Kier alpha value is -2.64. The van der Waals surface area contributed by atoms with Gasteiger partial charge in [0.25, 0.3) is 5.69 Å². The van der Waals surface area contributed by atoms with Gasteiger partial charge in [0.05, 0.1) is 16.9 Å². The van der Waals surface area contributed by atoms with Crippen LogP contribution in [0.3, 0.4) is 0 Å². The van der Waals surface area contributed by atoms with Crippen LogP contribution in [0.1, 0.15) is 19.3 Å². The molecule has 1 N–H and O–H groups in total. The second-order valence-corrected chi connectivity index (χ2v) is 6.93. The lowest BCUT2D eigenvalue weighted by molar-refractivity contribution is -0.384. The van der Waals surface area contributed by atoms with Gasteiger partial charge in [-0.15, -0.1) is 0 Å². The van der Waals surface area contributed by atoms with E-state index in [1.54, 1.807) is 35.0 Å². The van der Waals surface area contributed by atoms with Crippen LogP contribution < -0.4 is 4.90 Å². The summed E-state index contributed by atoms with van der Waals surface area (Å²) in [5.41, 5.74) is -0.501. The highest BCUT2D eigenvalue weighted by molar-refractivity contribution is 5.85. The third-order valence-corrected chi connectivity index (χ3v) is 5.51. The molecule has 134 valence electrons. The maximum absolute atomic E-state index is 12.6. The van der Waals surface area contributed by atoms with Gasteiger partial charge in [-0.1, -0.05) is 18.6 Å². The van der Waals surface area contributed by atoms with Crippen LogP contribution in [-0.2, 0) is 9.59 Å². The van der Waals surface area contributed by atoms with Gasteiger partial charge in [0, 0.05) is 26.2 Å². The molecule has 2 fully saturated rings. The number of fused-ring (bicyclic) bond motifs is 1. The fourth-order valence-corrected chi connectivity index (χ4v) is 4.16. The number of likely N-dealkylation sites (tertiary alicyclic amines) is 1. The summed E-state index contributed by atoms with van der Waals surface area (Å²) in [5, 5.41) is 20.7. The summed E-state index contributed by atoms with van der Waals surface area (Å²) in [4.78, 5) is 38.1. The van der Waals surface area contributed by atoms with Gasteiger partial charge in [-0.2, -0.15) is 0 Å². The molecule has 0 spiro atoms. The molecular formula is C17H21N3O5. The topological polar surface area (TPSA) is 104 Å². The quantitative estimate of drug-likeness (QED) is 0.643. The van der Waals surface area contributed by atoms with Crippen molar-refractivity contribution in [1.82, 2.24) is 4.90 Å². The van der Waals surface area contributed by atoms with Crippen molar-refractivity contribution in [3.63, 3.8) is 0 Å². The number of likely N-dealkylation sites (N-methyl/N-ethyl adjacent to an activating group) is 1. The number of nitrogens with zero attached hydrogens (tertiary/aromatic N) is 3. The zero-order valence-electron chi connectivity index (χ0n) is 14.1. The maximum Gasteiger partial charge on any atom is 0.311 e. The number of carbonyl (C=O) groups is 2. The molecule has 1 amide bonds. The first-order valence-corrected chi connectivity index (χ1v) is 8.31. The Balaban J connectivity index is 1.71. The summed E-state index contributed by atoms with van der Waals surface area (Å²) in [6.45, 7) is 0.666. The Kier molecular flexibility index (Phi) is 4.36. The van der Waals surface area contributed by atoms with Gasteiger partial charge in [-0.3, -0.25) is 19.7 Å². The molecule has 8 nitrogen and oxygen atoms in total. The predicted octanol–water partition coefficient (Wildman–Crippen LogP) is 1.74. The summed E-state index contributed by atoms with van der Waals surface area (Å²) in [6.07, 6.45) is 2.32. The Labute approximate surface area is 145 Å². The van der Waals surface area contributed by atoms with Crippen LogP contribution in [-0.4, -0.2) is 53.5 Å². The van der Waals surface area contributed by atoms with Crippen LogP contribution in [0.4, 0.5) is 11.4 Å². The first kappa shape index (κ1) is 17.2. The van der Waals surface area contributed by atoms with Gasteiger partial charge < -0.3 is 14.9 Å². The number of hydrogen-bond donors (Lipinski definition) is 1. The maximum atomic E-state index is 12.6. The van der Waals surface area contributed by atoms with Crippen LogP contribution in [0.5, 0.6) is 0 Å². The SMILES string of the molecule is CN(CC(=O)N1C[C@@H]2CCC[C@@]2(C(=O)O)C1)c1ccccc1[N+](=O)[O-]. The summed E-state index contributed by atoms with van der Waals surface area (Å²) in [6, 6.07) is 6.26. The van der Waals surface area contributed by atoms with E-state index in [4.69, 9.17) is 0 Å². The number of carboxylic acid groups (broad SMARTS) is 1. The van der Waals surface area contributed by atoms with Crippen molar-refractivity contribution in [2.24, 2.45) is 11.3 Å². The zero-order valence-corrected chi connectivity index (χ0v) is 14.1. The van der Waals surface area contributed by atoms with E-state index >= 15 is 0 Å². The molecule has 1 aromatic carbocycles. The Morgan fingerprint density at radius 3 is 2.80 bits per heavy atom. The Morgan fingerprint density at radius 2 is 2.16 bits per heavy atom. The van der Waals surface area contributed by atoms with Gasteiger partial charge >= 0.3 is 5.97 Å². The third kappa shape index (κ3) is 2.92. The van der Waals surface area contributed by atoms with Crippen molar-refractivity contribution in [3.8, 4) is 0 Å². The summed E-state index contributed by atoms with van der Waals surface area (Å²) in [5.74, 6) is -1.02. The lowest BCUT2D eigenvalue weighted by atomic mass is 9.81. The van der Waals surface area contributed by atoms with Gasteiger partial charge in [0.15, 0.2) is 0 Å². The minimum absolute atomic E-state index is 0.00492. The molecule has 0 aromatic heterocycles. The standard InChI is InChI=1S/C17H21N3O5/c1-18(13-6-2-3-7-14(13)20(24)25)10-15(21)19-9-12-5-4-8-17(12,11-19)16(22)23/h2-3,6-7,12H,4-5,8-11H2,1H3,(H,22,23)/t12-,17+/m0/s1. The normalized spacial score (nSPS) is 24.8. The van der Waals surface area contributed by atoms with Gasteiger partial charge in [-0.05, 0) is 24.8 Å². The Morgan fingerprint density at radius 1 is 1.44 bits per heavy atom. The van der Waals surface area contributed by atoms with E-state index in [2.05, 4.69) is 0 Å². The monoisotopic (exact) mass is 347 g/mol. The number of benzene rings is 1. The van der Waals surface area contributed by atoms with E-state index in [0.29, 0.717) is 18.7 Å². The van der Waals surface area contributed by atoms with Gasteiger partial charge in [0.1, 0.15) is 5.69 Å². The van der Waals surface area contributed by atoms with Gasteiger partial charge in [0.2, 0.25) is 5.91 Å². The average molecular weight is 347 g/mol. The molecule has 8 heteroatoms. The number of carboxylic acids is 1. The van der Waals surface area contributed by atoms with Crippen LogP contribution in [0.25, 0.3) is 0 Å². The van der Waals surface area contributed by atoms with E-state index < -0.39 is 16.3 Å². The molecule has 1 aliphatic heterocycles. The second-order valence-electron chi connectivity index (χ2n) is 6.93. The van der Waals surface area contributed by atoms with Crippen LogP contribution >= 0.6 is 0 Å². The number of carbonyl (C=O) groups excluding carboxylic acids is 1. The molecule has 2 aliphatic rings. The molecule has 3 rings (SSSR count). The summed E-state index contributed by atoms with van der Waals surface area (Å²) < 4.78 is 0. The molecule has 0 radical (unpaired) electrons. The highest BCUT2D eigenvalue weighted by atomic mass is 16.6. The summed E-state index contributed by atoms with van der Waals surface area (Å²) in [7, 11) is 1.63. The molecule has 0 unspecified atom stereocenters. The van der Waals surface area contributed by atoms with Crippen LogP contribution in [0.15, 0.2) is 24.3 Å². The number of rotatable bonds is 5. The van der Waals surface area contributed by atoms with Crippen molar-refractivity contribution in [3.05, 3.63) is 34.4 Å². The molecule has 1 aromatic rings. The highest BCUT2D eigenvalue weighted by Crippen LogP contribution is 2.48. The van der Waals surface area contributed by atoms with Crippen LogP contribution in [0, 0.1) is 21.4 Å². The number of para-hydroxylation sites is 2. The molecule has 1 saturated heterocycles. The average Bonchev–Trinajstić information content (AvgIpc) is 3.13. The van der Waals surface area contributed by atoms with Crippen molar-refractivity contribution in [1.29, 1.82) is 0 Å². The fraction of sp³-hybridized carbons (Fsp3) is 0.529. The highest BCUT2D eigenvalue weighted by Gasteiger charge is 2.55. The molecule has 25 heavy (non-hydrogen) atoms. The van der Waals surface area contributed by atoms with E-state index in [0.717, 1.165) is 12.8 Å². The lowest BCUT2D eigenvalue weighted by Gasteiger charge is -2.25. The minimum atomic E-state index is -0.822. The number of amides is 1. The van der Waals surface area contributed by atoms with Crippen molar-refractivity contribution in [2.75, 3.05) is 31.6 Å². The smallest absolute Gasteiger partial charge is 0.311 e. The Bertz CT molecular complexity index is 722. The third-order valence-electron chi connectivity index (χ3n) is 5.51. The van der Waals surface area contributed by atoms with Crippen molar-refractivity contribution < 1.29 is 19.6 Å². The summed E-state index contributed by atoms with van der Waals surface area (Å²) >= 11 is 0. The van der Waals surface area contributed by atoms with E-state index in [9.17, 15) is 24.8 Å². The molecule has 0 bridgehead atoms. The number of hydrogen-bond acceptors (Lipinski definition) is 5. The minimum Gasteiger partial charge on any atom is -0.481 e. The largest absolute Gasteiger partial charge is 0.481 e. The van der Waals surface area contributed by atoms with Gasteiger partial charge in [-0.25, -0.2) is 0 Å². The number of nitro benzene ring substituents is 1. The zero-order chi connectivity index (χ0) is 18.2. The van der Waals surface area contributed by atoms with Crippen molar-refractivity contribution in [2.45, 2.75) is 19.3 Å². The van der Waals surface area contributed by atoms with E-state index in [1.807, 2.05) is 0 Å². The van der Waals surface area contributed by atoms with Crippen molar-refractivity contribution >= 4 is 23.3 Å². The first-order valence-electron chi connectivity index (χ1n) is 8.31.